The van der Waals surface area contributed by atoms with Gasteiger partial charge in [0.25, 0.3) is 0 Å². The monoisotopic (exact) mass is 202 g/mol. The summed E-state index contributed by atoms with van der Waals surface area (Å²) in [6.07, 6.45) is 2.72. The first-order chi connectivity index (χ1) is 7.45. The Morgan fingerprint density at radius 1 is 1.13 bits per heavy atom. The largest absolute Gasteiger partial charge is 0.384 e. The van der Waals surface area contributed by atoms with Gasteiger partial charge in [-0.2, -0.15) is 0 Å². The summed E-state index contributed by atoms with van der Waals surface area (Å²) in [4.78, 5) is 0. The standard InChI is InChI=1S/C13H18N2/c1-2-6-13-11(5-1)12(9-15-13)10-4-3-7-14-8-10/h1-2,5-6,10,12,14-15H,3-4,7-9H2. The highest BCUT2D eigenvalue weighted by Gasteiger charge is 2.29. The van der Waals surface area contributed by atoms with Crippen LogP contribution in [-0.4, -0.2) is 19.6 Å². The van der Waals surface area contributed by atoms with E-state index in [2.05, 4.69) is 34.9 Å². The highest BCUT2D eigenvalue weighted by atomic mass is 14.9. The molecule has 2 nitrogen and oxygen atoms in total. The van der Waals surface area contributed by atoms with Crippen LogP contribution in [0.15, 0.2) is 24.3 Å². The third-order valence-corrected chi connectivity index (χ3v) is 3.78. The van der Waals surface area contributed by atoms with E-state index in [4.69, 9.17) is 0 Å². The number of rotatable bonds is 1. The van der Waals surface area contributed by atoms with Crippen LogP contribution in [0.1, 0.15) is 24.3 Å². The predicted octanol–water partition coefficient (Wildman–Crippen LogP) is 2.20. The number of benzene rings is 1. The topological polar surface area (TPSA) is 24.1 Å². The molecule has 1 aromatic carbocycles. The smallest absolute Gasteiger partial charge is 0.0376 e. The van der Waals surface area contributed by atoms with Crippen molar-refractivity contribution in [2.45, 2.75) is 18.8 Å². The zero-order valence-corrected chi connectivity index (χ0v) is 9.00. The molecule has 0 bridgehead atoms. The van der Waals surface area contributed by atoms with E-state index in [0.717, 1.165) is 18.4 Å². The summed E-state index contributed by atoms with van der Waals surface area (Å²) in [6.45, 7) is 3.53. The van der Waals surface area contributed by atoms with E-state index < -0.39 is 0 Å². The summed E-state index contributed by atoms with van der Waals surface area (Å²) in [5.74, 6) is 1.56. The molecular formula is C13H18N2. The van der Waals surface area contributed by atoms with Gasteiger partial charge < -0.3 is 10.6 Å². The van der Waals surface area contributed by atoms with Crippen LogP contribution in [0.25, 0.3) is 0 Å². The molecule has 0 aliphatic carbocycles. The Morgan fingerprint density at radius 3 is 2.93 bits per heavy atom. The van der Waals surface area contributed by atoms with Crippen molar-refractivity contribution in [2.24, 2.45) is 5.92 Å². The van der Waals surface area contributed by atoms with Crippen LogP contribution >= 0.6 is 0 Å². The van der Waals surface area contributed by atoms with Crippen molar-refractivity contribution in [2.75, 3.05) is 25.0 Å². The predicted molar refractivity (Wildman–Crippen MR) is 63.3 cm³/mol. The summed E-state index contributed by atoms with van der Waals surface area (Å²) in [5.41, 5.74) is 2.89. The lowest BCUT2D eigenvalue weighted by Crippen LogP contribution is -2.33. The molecule has 1 aromatic rings. The van der Waals surface area contributed by atoms with Gasteiger partial charge in [0.1, 0.15) is 0 Å². The molecule has 2 atom stereocenters. The molecule has 2 aliphatic rings. The minimum atomic E-state index is 0.731. The average Bonchev–Trinajstić information content (AvgIpc) is 2.74. The first-order valence-electron chi connectivity index (χ1n) is 5.98. The Hall–Kier alpha value is -1.02. The van der Waals surface area contributed by atoms with Crippen molar-refractivity contribution in [3.8, 4) is 0 Å². The van der Waals surface area contributed by atoms with Crippen LogP contribution in [0.2, 0.25) is 0 Å². The normalized spacial score (nSPS) is 29.6. The average molecular weight is 202 g/mol. The maximum atomic E-state index is 3.52. The number of anilines is 1. The molecular weight excluding hydrogens is 184 g/mol. The van der Waals surface area contributed by atoms with E-state index in [-0.39, 0.29) is 0 Å². The van der Waals surface area contributed by atoms with Gasteiger partial charge in [-0.3, -0.25) is 0 Å². The number of piperidine rings is 1. The summed E-state index contributed by atoms with van der Waals surface area (Å²) in [7, 11) is 0. The second-order valence-corrected chi connectivity index (χ2v) is 4.68. The number of para-hydroxylation sites is 1. The van der Waals surface area contributed by atoms with Gasteiger partial charge in [0.2, 0.25) is 0 Å². The van der Waals surface area contributed by atoms with E-state index in [0.29, 0.717) is 0 Å². The highest BCUT2D eigenvalue weighted by Crippen LogP contribution is 2.38. The lowest BCUT2D eigenvalue weighted by molar-refractivity contribution is 0.334. The van der Waals surface area contributed by atoms with Crippen molar-refractivity contribution in [1.82, 2.24) is 5.32 Å². The van der Waals surface area contributed by atoms with Gasteiger partial charge in [0.05, 0.1) is 0 Å². The first-order valence-corrected chi connectivity index (χ1v) is 5.98. The number of hydrogen-bond donors (Lipinski definition) is 2. The molecule has 2 heteroatoms. The molecule has 2 unspecified atom stereocenters. The fourth-order valence-corrected chi connectivity index (χ4v) is 2.95. The van der Waals surface area contributed by atoms with E-state index in [1.54, 1.807) is 0 Å². The summed E-state index contributed by atoms with van der Waals surface area (Å²) < 4.78 is 0. The van der Waals surface area contributed by atoms with Crippen molar-refractivity contribution in [1.29, 1.82) is 0 Å². The number of fused-ring (bicyclic) bond motifs is 1. The third kappa shape index (κ3) is 1.63. The minimum Gasteiger partial charge on any atom is -0.384 e. The quantitative estimate of drug-likeness (QED) is 0.729. The van der Waals surface area contributed by atoms with E-state index >= 15 is 0 Å². The Morgan fingerprint density at radius 2 is 2.07 bits per heavy atom. The van der Waals surface area contributed by atoms with Gasteiger partial charge >= 0.3 is 0 Å². The minimum absolute atomic E-state index is 0.731. The number of nitrogens with one attached hydrogen (secondary N) is 2. The zero-order chi connectivity index (χ0) is 10.1. The molecule has 0 saturated carbocycles. The van der Waals surface area contributed by atoms with Crippen molar-refractivity contribution in [3.05, 3.63) is 29.8 Å². The molecule has 2 heterocycles. The van der Waals surface area contributed by atoms with Crippen molar-refractivity contribution >= 4 is 5.69 Å². The van der Waals surface area contributed by atoms with Crippen LogP contribution in [0.5, 0.6) is 0 Å². The fraction of sp³-hybridized carbons (Fsp3) is 0.538. The maximum Gasteiger partial charge on any atom is 0.0376 e. The summed E-state index contributed by atoms with van der Waals surface area (Å²) in [6, 6.07) is 8.77. The molecule has 2 N–H and O–H groups in total. The second-order valence-electron chi connectivity index (χ2n) is 4.68. The first kappa shape index (κ1) is 9.22. The highest BCUT2D eigenvalue weighted by molar-refractivity contribution is 5.57. The molecule has 3 rings (SSSR count). The van der Waals surface area contributed by atoms with Crippen LogP contribution in [-0.2, 0) is 0 Å². The molecule has 15 heavy (non-hydrogen) atoms. The van der Waals surface area contributed by atoms with Crippen LogP contribution in [0, 0.1) is 5.92 Å². The van der Waals surface area contributed by atoms with E-state index in [1.807, 2.05) is 0 Å². The van der Waals surface area contributed by atoms with Gasteiger partial charge in [0.15, 0.2) is 0 Å². The van der Waals surface area contributed by atoms with Gasteiger partial charge in [-0.1, -0.05) is 18.2 Å². The third-order valence-electron chi connectivity index (χ3n) is 3.78. The van der Waals surface area contributed by atoms with E-state index in [9.17, 15) is 0 Å². The SMILES string of the molecule is c1ccc2c(c1)NCC2C1CCCNC1. The molecule has 2 aliphatic heterocycles. The van der Waals surface area contributed by atoms with Crippen molar-refractivity contribution < 1.29 is 0 Å². The Labute approximate surface area is 91.1 Å². The van der Waals surface area contributed by atoms with Gasteiger partial charge in [-0.25, -0.2) is 0 Å². The molecule has 0 radical (unpaired) electrons. The Balaban J connectivity index is 1.83. The van der Waals surface area contributed by atoms with Gasteiger partial charge in [0, 0.05) is 18.2 Å². The molecule has 0 amide bonds. The van der Waals surface area contributed by atoms with Crippen LogP contribution < -0.4 is 10.6 Å². The zero-order valence-electron chi connectivity index (χ0n) is 9.00. The molecule has 80 valence electrons. The Kier molecular flexibility index (Phi) is 2.37. The van der Waals surface area contributed by atoms with Gasteiger partial charge in [-0.05, 0) is 43.5 Å². The molecule has 1 saturated heterocycles. The van der Waals surface area contributed by atoms with Crippen molar-refractivity contribution in [3.63, 3.8) is 0 Å². The summed E-state index contributed by atoms with van der Waals surface area (Å²) in [5, 5.41) is 7.03. The van der Waals surface area contributed by atoms with Gasteiger partial charge in [-0.15, -0.1) is 0 Å². The maximum absolute atomic E-state index is 3.52. The lowest BCUT2D eigenvalue weighted by atomic mass is 9.83. The molecule has 0 aromatic heterocycles. The van der Waals surface area contributed by atoms with Crippen LogP contribution in [0.3, 0.4) is 0 Å². The lowest BCUT2D eigenvalue weighted by Gasteiger charge is -2.28. The molecule has 1 fully saturated rings. The fourth-order valence-electron chi connectivity index (χ4n) is 2.95. The second kappa shape index (κ2) is 3.86. The summed E-state index contributed by atoms with van der Waals surface area (Å²) >= 11 is 0. The number of hydrogen-bond acceptors (Lipinski definition) is 2. The van der Waals surface area contributed by atoms with Crippen LogP contribution in [0.4, 0.5) is 5.69 Å². The Bertz CT molecular complexity index is 342. The van der Waals surface area contributed by atoms with E-state index in [1.165, 1.54) is 37.2 Å². The molecule has 0 spiro atoms.